The highest BCUT2D eigenvalue weighted by Gasteiger charge is 2.09. The van der Waals surface area contributed by atoms with Crippen molar-refractivity contribution in [1.82, 2.24) is 0 Å². The van der Waals surface area contributed by atoms with Crippen molar-refractivity contribution in [3.8, 4) is 0 Å². The Kier molecular flexibility index (Phi) is 24.7. The summed E-state index contributed by atoms with van der Waals surface area (Å²) in [6.07, 6.45) is 24.1. The summed E-state index contributed by atoms with van der Waals surface area (Å²) in [6.45, 7) is 7.62. The lowest BCUT2D eigenvalue weighted by atomic mass is 10.0. The molecular weight excluding hydrogens is 412 g/mol. The van der Waals surface area contributed by atoms with Crippen LogP contribution in [0.25, 0.3) is 0 Å². The zero-order valence-corrected chi connectivity index (χ0v) is 22.5. The van der Waals surface area contributed by atoms with Gasteiger partial charge >= 0.3 is 11.9 Å². The predicted molar refractivity (Wildman–Crippen MR) is 139 cm³/mol. The third-order valence-electron chi connectivity index (χ3n) is 6.66. The van der Waals surface area contributed by atoms with Gasteiger partial charge in [0.05, 0.1) is 13.2 Å². The number of carbonyl (C=O) groups is 2. The first-order valence-electron chi connectivity index (χ1n) is 14.4. The van der Waals surface area contributed by atoms with Gasteiger partial charge in [-0.1, -0.05) is 124 Å². The maximum absolute atomic E-state index is 11.8. The van der Waals surface area contributed by atoms with Gasteiger partial charge in [0.2, 0.25) is 0 Å². The smallest absolute Gasteiger partial charge is 0.305 e. The van der Waals surface area contributed by atoms with Crippen LogP contribution >= 0.6 is 0 Å². The molecule has 4 nitrogen and oxygen atoms in total. The van der Waals surface area contributed by atoms with E-state index in [9.17, 15) is 9.59 Å². The largest absolute Gasteiger partial charge is 0.466 e. The van der Waals surface area contributed by atoms with Crippen molar-refractivity contribution in [1.29, 1.82) is 0 Å². The number of carbonyl (C=O) groups excluding carboxylic acids is 2. The van der Waals surface area contributed by atoms with Gasteiger partial charge in [0, 0.05) is 12.8 Å². The third kappa shape index (κ3) is 23.9. The van der Waals surface area contributed by atoms with Crippen LogP contribution in [0.15, 0.2) is 0 Å². The first-order chi connectivity index (χ1) is 16.1. The van der Waals surface area contributed by atoms with Crippen molar-refractivity contribution >= 4 is 11.9 Å². The fraction of sp³-hybridized carbons (Fsp3) is 0.931. The second-order valence-electron chi connectivity index (χ2n) is 9.74. The summed E-state index contributed by atoms with van der Waals surface area (Å²) in [4.78, 5) is 23.5. The second kappa shape index (κ2) is 25.6. The Bertz CT molecular complexity index is 431. The van der Waals surface area contributed by atoms with E-state index in [1.165, 1.54) is 77.0 Å². The van der Waals surface area contributed by atoms with Crippen LogP contribution in [-0.4, -0.2) is 25.2 Å². The summed E-state index contributed by atoms with van der Waals surface area (Å²) in [5, 5.41) is 0. The zero-order chi connectivity index (χ0) is 24.4. The van der Waals surface area contributed by atoms with Gasteiger partial charge in [-0.05, 0) is 25.2 Å². The molecule has 0 bridgehead atoms. The first-order valence-corrected chi connectivity index (χ1v) is 14.4. The summed E-state index contributed by atoms with van der Waals surface area (Å²) in [6, 6.07) is 0. The molecule has 0 aliphatic rings. The van der Waals surface area contributed by atoms with Crippen LogP contribution in [0, 0.1) is 5.92 Å². The normalized spacial score (nSPS) is 11.2. The highest BCUT2D eigenvalue weighted by molar-refractivity contribution is 5.69. The first kappa shape index (κ1) is 31.9. The van der Waals surface area contributed by atoms with Crippen molar-refractivity contribution in [2.24, 2.45) is 5.92 Å². The lowest BCUT2D eigenvalue weighted by molar-refractivity contribution is -0.145. The molecule has 0 aromatic carbocycles. The number of ether oxygens (including phenoxy) is 2. The molecule has 33 heavy (non-hydrogen) atoms. The zero-order valence-electron chi connectivity index (χ0n) is 22.5. The summed E-state index contributed by atoms with van der Waals surface area (Å²) < 4.78 is 10.7. The van der Waals surface area contributed by atoms with Crippen molar-refractivity contribution in [3.05, 3.63) is 0 Å². The molecule has 0 saturated carbocycles. The molecule has 0 amide bonds. The third-order valence-corrected chi connectivity index (χ3v) is 6.66. The quantitative estimate of drug-likeness (QED) is 0.0991. The van der Waals surface area contributed by atoms with Crippen molar-refractivity contribution < 1.29 is 19.1 Å². The molecular formula is C29H56O4. The van der Waals surface area contributed by atoms with Gasteiger partial charge in [-0.25, -0.2) is 0 Å². The van der Waals surface area contributed by atoms with E-state index < -0.39 is 0 Å². The minimum atomic E-state index is -0.109. The topological polar surface area (TPSA) is 52.6 Å². The van der Waals surface area contributed by atoms with Crippen LogP contribution in [0.4, 0.5) is 0 Å². The molecule has 0 aromatic rings. The molecule has 0 aromatic heterocycles. The van der Waals surface area contributed by atoms with Crippen molar-refractivity contribution in [2.75, 3.05) is 13.2 Å². The van der Waals surface area contributed by atoms with Gasteiger partial charge in [-0.15, -0.1) is 0 Å². The van der Waals surface area contributed by atoms with Crippen LogP contribution in [0.1, 0.15) is 156 Å². The van der Waals surface area contributed by atoms with Crippen LogP contribution in [0.5, 0.6) is 0 Å². The molecule has 0 fully saturated rings. The maximum Gasteiger partial charge on any atom is 0.305 e. The Morgan fingerprint density at radius 1 is 0.515 bits per heavy atom. The molecule has 0 rings (SSSR count). The van der Waals surface area contributed by atoms with Crippen LogP contribution in [0.3, 0.4) is 0 Å². The molecule has 0 saturated heterocycles. The second-order valence-corrected chi connectivity index (χ2v) is 9.74. The average Bonchev–Trinajstić information content (AvgIpc) is 2.82. The van der Waals surface area contributed by atoms with E-state index in [1.54, 1.807) is 0 Å². The van der Waals surface area contributed by atoms with Crippen molar-refractivity contribution in [3.63, 3.8) is 0 Å². The minimum Gasteiger partial charge on any atom is -0.466 e. The van der Waals surface area contributed by atoms with Crippen LogP contribution in [-0.2, 0) is 19.1 Å². The summed E-state index contributed by atoms with van der Waals surface area (Å²) in [5.41, 5.74) is 0. The van der Waals surface area contributed by atoms with Gasteiger partial charge in [-0.2, -0.15) is 0 Å². The Morgan fingerprint density at radius 2 is 0.909 bits per heavy atom. The molecule has 0 N–H and O–H groups in total. The van der Waals surface area contributed by atoms with E-state index in [0.29, 0.717) is 32.0 Å². The fourth-order valence-corrected chi connectivity index (χ4v) is 4.08. The van der Waals surface area contributed by atoms with Crippen LogP contribution < -0.4 is 0 Å². The van der Waals surface area contributed by atoms with E-state index in [2.05, 4.69) is 20.8 Å². The van der Waals surface area contributed by atoms with Crippen molar-refractivity contribution in [2.45, 2.75) is 156 Å². The molecule has 0 radical (unpaired) electrons. The van der Waals surface area contributed by atoms with Gasteiger partial charge < -0.3 is 9.47 Å². The minimum absolute atomic E-state index is 0.0963. The van der Waals surface area contributed by atoms with E-state index in [-0.39, 0.29) is 11.9 Å². The Morgan fingerprint density at radius 3 is 1.36 bits per heavy atom. The van der Waals surface area contributed by atoms with E-state index >= 15 is 0 Å². The molecule has 0 atom stereocenters. The summed E-state index contributed by atoms with van der Waals surface area (Å²) in [5.74, 6) is 0.270. The molecule has 0 aliphatic carbocycles. The van der Waals surface area contributed by atoms with E-state index in [0.717, 1.165) is 44.9 Å². The van der Waals surface area contributed by atoms with Gasteiger partial charge in [0.25, 0.3) is 0 Å². The van der Waals surface area contributed by atoms with Gasteiger partial charge in [0.15, 0.2) is 0 Å². The molecule has 0 heterocycles. The molecule has 196 valence electrons. The summed E-state index contributed by atoms with van der Waals surface area (Å²) in [7, 11) is 0. The Labute approximate surface area is 206 Å². The highest BCUT2D eigenvalue weighted by Crippen LogP contribution is 2.13. The van der Waals surface area contributed by atoms with E-state index in [1.807, 2.05) is 0 Å². The predicted octanol–water partition coefficient (Wildman–Crippen LogP) is 8.94. The number of esters is 2. The monoisotopic (exact) mass is 468 g/mol. The highest BCUT2D eigenvalue weighted by atomic mass is 16.5. The van der Waals surface area contributed by atoms with Crippen LogP contribution in [0.2, 0.25) is 0 Å². The number of hydrogen-bond donors (Lipinski definition) is 0. The van der Waals surface area contributed by atoms with Gasteiger partial charge in [-0.3, -0.25) is 9.59 Å². The number of unbranched alkanes of at least 4 members (excludes halogenated alkanes) is 15. The maximum atomic E-state index is 11.8. The fourth-order valence-electron chi connectivity index (χ4n) is 4.08. The standard InChI is InChI=1S/C29H56O4/c1-4-7-8-9-10-11-12-13-14-15-16-17-18-22-25-32-28(30)23-20-19-21-24-29(31)33-26-27(5-2)6-3/h27H,4-26H2,1-3H3. The lowest BCUT2D eigenvalue weighted by Gasteiger charge is -2.12. The molecule has 0 unspecified atom stereocenters. The number of hydrogen-bond acceptors (Lipinski definition) is 4. The molecule has 0 spiro atoms. The summed E-state index contributed by atoms with van der Waals surface area (Å²) >= 11 is 0. The lowest BCUT2D eigenvalue weighted by Crippen LogP contribution is -2.13. The van der Waals surface area contributed by atoms with E-state index in [4.69, 9.17) is 9.47 Å². The molecule has 4 heteroatoms. The molecule has 0 aliphatic heterocycles. The number of rotatable bonds is 25. The van der Waals surface area contributed by atoms with Gasteiger partial charge in [0.1, 0.15) is 0 Å². The Hall–Kier alpha value is -1.06. The average molecular weight is 469 g/mol. The Balaban J connectivity index is 3.30. The SMILES string of the molecule is CCCCCCCCCCCCCCCCOC(=O)CCCCCC(=O)OCC(CC)CC.